The van der Waals surface area contributed by atoms with E-state index in [4.69, 9.17) is 5.11 Å². The summed E-state index contributed by atoms with van der Waals surface area (Å²) in [6.45, 7) is 3.46. The monoisotopic (exact) mass is 335 g/mol. The van der Waals surface area contributed by atoms with Crippen molar-refractivity contribution >= 4 is 10.9 Å². The molecule has 0 amide bonds. The van der Waals surface area contributed by atoms with Gasteiger partial charge in [0.2, 0.25) is 0 Å². The van der Waals surface area contributed by atoms with E-state index in [1.54, 1.807) is 0 Å². The van der Waals surface area contributed by atoms with Gasteiger partial charge < -0.3 is 5.11 Å². The average molecular weight is 335 g/mol. The maximum Gasteiger partial charge on any atom is 0.0681 e. The number of hydrogen-bond acceptors (Lipinski definition) is 3. The van der Waals surface area contributed by atoms with E-state index < -0.39 is 0 Å². The molecule has 25 heavy (non-hydrogen) atoms. The molecule has 0 bridgehead atoms. The summed E-state index contributed by atoms with van der Waals surface area (Å²) in [5.74, 6) is 0.717. The smallest absolute Gasteiger partial charge is 0.0681 e. The summed E-state index contributed by atoms with van der Waals surface area (Å²) >= 11 is 0. The van der Waals surface area contributed by atoms with E-state index in [0.717, 1.165) is 36.5 Å². The number of nitrogens with zero attached hydrogens (tertiary/aromatic N) is 2. The number of rotatable bonds is 5. The molecule has 4 heteroatoms. The molecule has 0 saturated carbocycles. The zero-order valence-electron chi connectivity index (χ0n) is 14.5. The predicted octanol–water partition coefficient (Wildman–Crippen LogP) is 3.51. The van der Waals surface area contributed by atoms with Crippen LogP contribution in [0.25, 0.3) is 10.9 Å². The van der Waals surface area contributed by atoms with E-state index in [-0.39, 0.29) is 6.61 Å². The summed E-state index contributed by atoms with van der Waals surface area (Å²) in [7, 11) is 0. The molecule has 1 aliphatic rings. The fourth-order valence-corrected chi connectivity index (χ4v) is 3.92. The number of aromatic nitrogens is 2. The zero-order valence-corrected chi connectivity index (χ0v) is 14.5. The highest BCUT2D eigenvalue weighted by atomic mass is 16.3. The molecule has 2 heterocycles. The number of fused-ring (bicyclic) bond motifs is 1. The number of nitrogens with one attached hydrogen (secondary N) is 1. The van der Waals surface area contributed by atoms with E-state index in [0.29, 0.717) is 0 Å². The van der Waals surface area contributed by atoms with Gasteiger partial charge in [-0.1, -0.05) is 30.3 Å². The van der Waals surface area contributed by atoms with Gasteiger partial charge in [0.15, 0.2) is 0 Å². The predicted molar refractivity (Wildman–Crippen MR) is 100 cm³/mol. The van der Waals surface area contributed by atoms with Gasteiger partial charge in [-0.15, -0.1) is 0 Å². The van der Waals surface area contributed by atoms with Crippen molar-refractivity contribution in [2.75, 3.05) is 13.1 Å². The SMILES string of the molecule is OCc1ccc(CN2CCC[C@H](Cc3ccc4[nH]ncc4c3)C2)cc1. The molecule has 0 spiro atoms. The highest BCUT2D eigenvalue weighted by Gasteiger charge is 2.20. The highest BCUT2D eigenvalue weighted by Crippen LogP contribution is 2.24. The van der Waals surface area contributed by atoms with Crippen LogP contribution in [0.1, 0.15) is 29.5 Å². The van der Waals surface area contributed by atoms with Crippen LogP contribution >= 0.6 is 0 Å². The molecule has 1 saturated heterocycles. The lowest BCUT2D eigenvalue weighted by Crippen LogP contribution is -2.35. The van der Waals surface area contributed by atoms with E-state index in [9.17, 15) is 0 Å². The Kier molecular flexibility index (Phi) is 4.81. The molecule has 1 aliphatic heterocycles. The summed E-state index contributed by atoms with van der Waals surface area (Å²) in [4.78, 5) is 2.57. The molecular weight excluding hydrogens is 310 g/mol. The van der Waals surface area contributed by atoms with Crippen LogP contribution in [0.4, 0.5) is 0 Å². The first kappa shape index (κ1) is 16.3. The van der Waals surface area contributed by atoms with Gasteiger partial charge in [-0.05, 0) is 60.5 Å². The van der Waals surface area contributed by atoms with Crippen molar-refractivity contribution in [1.29, 1.82) is 0 Å². The molecule has 0 unspecified atom stereocenters. The Labute approximate surface area is 148 Å². The summed E-state index contributed by atoms with van der Waals surface area (Å²) in [6, 6.07) is 15.0. The van der Waals surface area contributed by atoms with Crippen LogP contribution in [0.2, 0.25) is 0 Å². The van der Waals surface area contributed by atoms with Gasteiger partial charge >= 0.3 is 0 Å². The lowest BCUT2D eigenvalue weighted by molar-refractivity contribution is 0.167. The summed E-state index contributed by atoms with van der Waals surface area (Å²) < 4.78 is 0. The molecule has 3 aromatic rings. The van der Waals surface area contributed by atoms with Crippen molar-refractivity contribution in [3.8, 4) is 0 Å². The fraction of sp³-hybridized carbons (Fsp3) is 0.381. The average Bonchev–Trinajstić information content (AvgIpc) is 3.10. The van der Waals surface area contributed by atoms with E-state index in [1.807, 2.05) is 18.3 Å². The minimum Gasteiger partial charge on any atom is -0.392 e. The Bertz CT molecular complexity index is 825. The molecule has 4 rings (SSSR count). The second-order valence-corrected chi connectivity index (χ2v) is 7.21. The highest BCUT2D eigenvalue weighted by molar-refractivity contribution is 5.78. The van der Waals surface area contributed by atoms with Crippen molar-refractivity contribution in [3.63, 3.8) is 0 Å². The molecule has 0 radical (unpaired) electrons. The minimum atomic E-state index is 0.118. The Morgan fingerprint density at radius 2 is 1.88 bits per heavy atom. The van der Waals surface area contributed by atoms with Gasteiger partial charge in [0, 0.05) is 18.5 Å². The van der Waals surface area contributed by atoms with Crippen LogP contribution < -0.4 is 0 Å². The molecule has 1 fully saturated rings. The van der Waals surface area contributed by atoms with Gasteiger partial charge in [0.05, 0.1) is 18.3 Å². The second kappa shape index (κ2) is 7.38. The fourth-order valence-electron chi connectivity index (χ4n) is 3.92. The number of piperidine rings is 1. The summed E-state index contributed by atoms with van der Waals surface area (Å²) in [6.07, 6.45) is 5.62. The van der Waals surface area contributed by atoms with Crippen LogP contribution in [0.15, 0.2) is 48.7 Å². The number of aliphatic hydroxyl groups excluding tert-OH is 1. The zero-order chi connectivity index (χ0) is 17.1. The van der Waals surface area contributed by atoms with Crippen LogP contribution in [0.5, 0.6) is 0 Å². The number of benzene rings is 2. The Balaban J connectivity index is 1.38. The molecule has 2 N–H and O–H groups in total. The third kappa shape index (κ3) is 3.91. The molecular formula is C21H25N3O. The number of aliphatic hydroxyl groups is 1. The summed E-state index contributed by atoms with van der Waals surface area (Å²) in [5.41, 5.74) is 4.83. The normalized spacial score (nSPS) is 18.7. The van der Waals surface area contributed by atoms with Crippen molar-refractivity contribution in [2.45, 2.75) is 32.4 Å². The van der Waals surface area contributed by atoms with Crippen molar-refractivity contribution < 1.29 is 5.11 Å². The molecule has 130 valence electrons. The largest absolute Gasteiger partial charge is 0.392 e. The van der Waals surface area contributed by atoms with Crippen molar-refractivity contribution in [2.24, 2.45) is 5.92 Å². The quantitative estimate of drug-likeness (QED) is 0.750. The first-order valence-corrected chi connectivity index (χ1v) is 9.13. The van der Waals surface area contributed by atoms with Crippen molar-refractivity contribution in [1.82, 2.24) is 15.1 Å². The minimum absolute atomic E-state index is 0.118. The van der Waals surface area contributed by atoms with Gasteiger partial charge in [-0.2, -0.15) is 5.10 Å². The number of likely N-dealkylation sites (tertiary alicyclic amines) is 1. The molecule has 0 aliphatic carbocycles. The molecule has 4 nitrogen and oxygen atoms in total. The van der Waals surface area contributed by atoms with Gasteiger partial charge in [0.25, 0.3) is 0 Å². The lowest BCUT2D eigenvalue weighted by atomic mass is 9.90. The second-order valence-electron chi connectivity index (χ2n) is 7.21. The number of aromatic amines is 1. The third-order valence-corrected chi connectivity index (χ3v) is 5.24. The van der Waals surface area contributed by atoms with Crippen LogP contribution in [-0.2, 0) is 19.6 Å². The van der Waals surface area contributed by atoms with Crippen LogP contribution in [0.3, 0.4) is 0 Å². The van der Waals surface area contributed by atoms with Gasteiger partial charge in [-0.25, -0.2) is 0 Å². The Morgan fingerprint density at radius 1 is 1.08 bits per heavy atom. The van der Waals surface area contributed by atoms with E-state index in [1.165, 1.54) is 35.9 Å². The number of hydrogen-bond donors (Lipinski definition) is 2. The van der Waals surface area contributed by atoms with Gasteiger partial charge in [-0.3, -0.25) is 10.00 Å². The van der Waals surface area contributed by atoms with E-state index in [2.05, 4.69) is 45.4 Å². The number of H-pyrrole nitrogens is 1. The van der Waals surface area contributed by atoms with Crippen LogP contribution in [0, 0.1) is 5.92 Å². The van der Waals surface area contributed by atoms with Crippen LogP contribution in [-0.4, -0.2) is 33.3 Å². The first-order chi connectivity index (χ1) is 12.3. The van der Waals surface area contributed by atoms with Crippen molar-refractivity contribution in [3.05, 3.63) is 65.4 Å². The maximum atomic E-state index is 9.16. The Morgan fingerprint density at radius 3 is 2.72 bits per heavy atom. The lowest BCUT2D eigenvalue weighted by Gasteiger charge is -2.33. The maximum absolute atomic E-state index is 9.16. The van der Waals surface area contributed by atoms with Gasteiger partial charge in [0.1, 0.15) is 0 Å². The Hall–Kier alpha value is -2.17. The van der Waals surface area contributed by atoms with E-state index >= 15 is 0 Å². The third-order valence-electron chi connectivity index (χ3n) is 5.24. The summed E-state index contributed by atoms with van der Waals surface area (Å²) in [5, 5.41) is 17.5. The molecule has 1 atom stereocenters. The first-order valence-electron chi connectivity index (χ1n) is 9.13. The topological polar surface area (TPSA) is 52.1 Å². The molecule has 1 aromatic heterocycles. The standard InChI is InChI=1S/C21H25N3O/c25-15-17-5-3-16(4-6-17)13-24-9-1-2-19(14-24)10-18-7-8-21-20(11-18)12-22-23-21/h3-8,11-12,19,25H,1-2,9-10,13-15H2,(H,22,23)/t19-/m1/s1. The molecule has 2 aromatic carbocycles.